The summed E-state index contributed by atoms with van der Waals surface area (Å²) in [5, 5.41) is 0. The van der Waals surface area contributed by atoms with Gasteiger partial charge in [0.2, 0.25) is 0 Å². The molecule has 1 heterocycles. The zero-order valence-electron chi connectivity index (χ0n) is 19.7. The van der Waals surface area contributed by atoms with Crippen molar-refractivity contribution in [3.8, 4) is 0 Å². The Bertz CT molecular complexity index is 1050. The van der Waals surface area contributed by atoms with Gasteiger partial charge in [-0.05, 0) is 62.1 Å². The predicted octanol–water partition coefficient (Wildman–Crippen LogP) is 5.90. The quantitative estimate of drug-likeness (QED) is 0.453. The number of aryl methyl sites for hydroxylation is 1. The first-order chi connectivity index (χ1) is 15.9. The smallest absolute Gasteiger partial charge is 0.254 e. The number of benzene rings is 3. The van der Waals surface area contributed by atoms with E-state index in [-0.39, 0.29) is 17.8 Å². The summed E-state index contributed by atoms with van der Waals surface area (Å²) in [6.45, 7) is 9.72. The highest BCUT2D eigenvalue weighted by Crippen LogP contribution is 2.35. The van der Waals surface area contributed by atoms with Gasteiger partial charge in [0.25, 0.3) is 5.91 Å². The van der Waals surface area contributed by atoms with Crippen molar-refractivity contribution in [2.45, 2.75) is 39.3 Å². The molecule has 0 bridgehead atoms. The monoisotopic (exact) mass is 444 g/mol. The highest BCUT2D eigenvalue weighted by Gasteiger charge is 2.36. The molecule has 2 atom stereocenters. The number of nitrogens with zero attached hydrogens (tertiary/aromatic N) is 2. The SMILES string of the molecule is Cc1ccc(C2CN(Cc3ccccc3)CC2CN(C(=O)c2ccc(F)cc2)C(C)C)cc1. The van der Waals surface area contributed by atoms with Gasteiger partial charge in [-0.25, -0.2) is 4.39 Å². The first-order valence-electron chi connectivity index (χ1n) is 11.8. The lowest BCUT2D eigenvalue weighted by atomic mass is 9.88. The fraction of sp³-hybridized carbons (Fsp3) is 0.345. The summed E-state index contributed by atoms with van der Waals surface area (Å²) in [5.74, 6) is 0.323. The van der Waals surface area contributed by atoms with Gasteiger partial charge in [-0.15, -0.1) is 0 Å². The van der Waals surface area contributed by atoms with Crippen molar-refractivity contribution >= 4 is 5.91 Å². The van der Waals surface area contributed by atoms with Crippen molar-refractivity contribution in [2.75, 3.05) is 19.6 Å². The lowest BCUT2D eigenvalue weighted by molar-refractivity contribution is 0.0668. The van der Waals surface area contributed by atoms with E-state index < -0.39 is 0 Å². The number of likely N-dealkylation sites (tertiary alicyclic amines) is 1. The number of halogens is 1. The fourth-order valence-electron chi connectivity index (χ4n) is 4.85. The number of hydrogen-bond acceptors (Lipinski definition) is 2. The van der Waals surface area contributed by atoms with Crippen molar-refractivity contribution in [1.29, 1.82) is 0 Å². The highest BCUT2D eigenvalue weighted by atomic mass is 19.1. The number of carbonyl (C=O) groups excluding carboxylic acids is 1. The Hall–Kier alpha value is -2.98. The van der Waals surface area contributed by atoms with E-state index in [1.165, 1.54) is 28.8 Å². The summed E-state index contributed by atoms with van der Waals surface area (Å²) in [5.41, 5.74) is 4.43. The van der Waals surface area contributed by atoms with Crippen molar-refractivity contribution in [2.24, 2.45) is 5.92 Å². The van der Waals surface area contributed by atoms with Gasteiger partial charge in [-0.2, -0.15) is 0 Å². The molecule has 172 valence electrons. The fourth-order valence-corrected chi connectivity index (χ4v) is 4.85. The second-order valence-corrected chi connectivity index (χ2v) is 9.52. The molecule has 0 saturated carbocycles. The number of hydrogen-bond donors (Lipinski definition) is 0. The van der Waals surface area contributed by atoms with Crippen LogP contribution in [-0.4, -0.2) is 41.4 Å². The van der Waals surface area contributed by atoms with Crippen molar-refractivity contribution in [1.82, 2.24) is 9.80 Å². The van der Waals surface area contributed by atoms with E-state index >= 15 is 0 Å². The summed E-state index contributed by atoms with van der Waals surface area (Å²) in [6.07, 6.45) is 0. The highest BCUT2D eigenvalue weighted by molar-refractivity contribution is 5.94. The zero-order valence-corrected chi connectivity index (χ0v) is 19.7. The van der Waals surface area contributed by atoms with Crippen molar-refractivity contribution < 1.29 is 9.18 Å². The molecular formula is C29H33FN2O. The molecule has 0 N–H and O–H groups in total. The van der Waals surface area contributed by atoms with Gasteiger partial charge in [0.1, 0.15) is 5.82 Å². The summed E-state index contributed by atoms with van der Waals surface area (Å²) < 4.78 is 13.4. The molecular weight excluding hydrogens is 411 g/mol. The minimum atomic E-state index is -0.325. The standard InChI is InChI=1S/C29H33FN2O/c1-21(2)32(29(33)25-13-15-27(30)16-14-25)19-26-18-31(17-23-7-5-4-6-8-23)20-28(26)24-11-9-22(3)10-12-24/h4-16,21,26,28H,17-20H2,1-3H3. The first-order valence-corrected chi connectivity index (χ1v) is 11.8. The summed E-state index contributed by atoms with van der Waals surface area (Å²) >= 11 is 0. The van der Waals surface area contributed by atoms with Crippen LogP contribution in [0.1, 0.15) is 46.8 Å². The van der Waals surface area contributed by atoms with Crippen LogP contribution in [0.4, 0.5) is 4.39 Å². The first kappa shape index (κ1) is 23.2. The Morgan fingerprint density at radius 2 is 1.64 bits per heavy atom. The van der Waals surface area contributed by atoms with Gasteiger partial charge in [-0.1, -0.05) is 60.2 Å². The van der Waals surface area contributed by atoms with Crippen LogP contribution in [0, 0.1) is 18.7 Å². The van der Waals surface area contributed by atoms with Gasteiger partial charge in [-0.3, -0.25) is 9.69 Å². The topological polar surface area (TPSA) is 23.6 Å². The third-order valence-electron chi connectivity index (χ3n) is 6.68. The Kier molecular flexibility index (Phi) is 7.24. The van der Waals surface area contributed by atoms with Crippen LogP contribution in [0.5, 0.6) is 0 Å². The van der Waals surface area contributed by atoms with E-state index in [1.807, 2.05) is 11.0 Å². The van der Waals surface area contributed by atoms with Gasteiger partial charge < -0.3 is 4.90 Å². The minimum Gasteiger partial charge on any atom is -0.336 e. The van der Waals surface area contributed by atoms with Crippen molar-refractivity contribution in [3.05, 3.63) is 107 Å². The summed E-state index contributed by atoms with van der Waals surface area (Å²) in [4.78, 5) is 17.8. The maximum Gasteiger partial charge on any atom is 0.254 e. The van der Waals surface area contributed by atoms with E-state index in [0.717, 1.165) is 19.6 Å². The molecule has 1 aliphatic heterocycles. The lowest BCUT2D eigenvalue weighted by Crippen LogP contribution is -2.42. The molecule has 3 nitrogen and oxygen atoms in total. The molecule has 3 aromatic rings. The second kappa shape index (κ2) is 10.3. The molecule has 1 amide bonds. The van der Waals surface area contributed by atoms with E-state index in [1.54, 1.807) is 12.1 Å². The van der Waals surface area contributed by atoms with E-state index in [4.69, 9.17) is 0 Å². The average Bonchev–Trinajstić information content (AvgIpc) is 3.20. The van der Waals surface area contributed by atoms with Gasteiger partial charge in [0.15, 0.2) is 0 Å². The van der Waals surface area contributed by atoms with Crippen LogP contribution >= 0.6 is 0 Å². The zero-order chi connectivity index (χ0) is 23.4. The largest absolute Gasteiger partial charge is 0.336 e. The van der Waals surface area contributed by atoms with Crippen LogP contribution in [0.15, 0.2) is 78.9 Å². The molecule has 0 spiro atoms. The molecule has 1 aliphatic rings. The van der Waals surface area contributed by atoms with Crippen LogP contribution in [0.2, 0.25) is 0 Å². The predicted molar refractivity (Wildman–Crippen MR) is 132 cm³/mol. The van der Waals surface area contributed by atoms with Gasteiger partial charge >= 0.3 is 0 Å². The Morgan fingerprint density at radius 1 is 0.970 bits per heavy atom. The molecule has 1 saturated heterocycles. The Morgan fingerprint density at radius 3 is 2.27 bits per heavy atom. The van der Waals surface area contributed by atoms with Crippen LogP contribution in [0.25, 0.3) is 0 Å². The molecule has 4 heteroatoms. The third-order valence-corrected chi connectivity index (χ3v) is 6.68. The van der Waals surface area contributed by atoms with Crippen LogP contribution < -0.4 is 0 Å². The number of carbonyl (C=O) groups is 1. The Labute approximate surface area is 196 Å². The van der Waals surface area contributed by atoms with Gasteiger partial charge in [0.05, 0.1) is 0 Å². The van der Waals surface area contributed by atoms with E-state index in [9.17, 15) is 9.18 Å². The average molecular weight is 445 g/mol. The molecule has 33 heavy (non-hydrogen) atoms. The van der Waals surface area contributed by atoms with Crippen molar-refractivity contribution in [3.63, 3.8) is 0 Å². The molecule has 0 aliphatic carbocycles. The van der Waals surface area contributed by atoms with Crippen LogP contribution in [0.3, 0.4) is 0 Å². The normalized spacial score (nSPS) is 18.6. The number of amides is 1. The third kappa shape index (κ3) is 5.69. The summed E-state index contributed by atoms with van der Waals surface area (Å²) in [6, 6.07) is 25.3. The second-order valence-electron chi connectivity index (χ2n) is 9.52. The molecule has 2 unspecified atom stereocenters. The van der Waals surface area contributed by atoms with E-state index in [0.29, 0.717) is 23.9 Å². The molecule has 1 fully saturated rings. The molecule has 0 radical (unpaired) electrons. The number of rotatable bonds is 7. The molecule has 0 aromatic heterocycles. The van der Waals surface area contributed by atoms with E-state index in [2.05, 4.69) is 74.2 Å². The minimum absolute atomic E-state index is 0.0332. The maximum atomic E-state index is 13.4. The Balaban J connectivity index is 1.57. The van der Waals surface area contributed by atoms with Gasteiger partial charge in [0, 0.05) is 43.7 Å². The maximum absolute atomic E-state index is 13.4. The molecule has 4 rings (SSSR count). The molecule has 3 aromatic carbocycles. The van der Waals surface area contributed by atoms with Crippen LogP contribution in [-0.2, 0) is 6.54 Å². The summed E-state index contributed by atoms with van der Waals surface area (Å²) in [7, 11) is 0. The lowest BCUT2D eigenvalue weighted by Gasteiger charge is -2.32.